The topological polar surface area (TPSA) is 42.2 Å². The highest BCUT2D eigenvalue weighted by Gasteiger charge is 2.02. The summed E-state index contributed by atoms with van der Waals surface area (Å²) in [7, 11) is 1.97. The third-order valence-corrected chi connectivity index (χ3v) is 2.30. The molecule has 0 fully saturated rings. The number of carboxylic acid groups (broad SMARTS) is 1. The molecule has 0 bridgehead atoms. The first-order valence-corrected chi connectivity index (χ1v) is 4.42. The Balaban J connectivity index is 2.46. The lowest BCUT2D eigenvalue weighted by Crippen LogP contribution is -1.99. The van der Waals surface area contributed by atoms with Gasteiger partial charge in [-0.3, -0.25) is 4.79 Å². The van der Waals surface area contributed by atoms with Crippen LogP contribution in [0.15, 0.2) is 30.5 Å². The van der Waals surface area contributed by atoms with E-state index in [1.165, 1.54) is 0 Å². The first-order chi connectivity index (χ1) is 6.66. The molecule has 0 spiro atoms. The summed E-state index contributed by atoms with van der Waals surface area (Å²) < 4.78 is 2.01. The van der Waals surface area contributed by atoms with Crippen molar-refractivity contribution < 1.29 is 9.90 Å². The quantitative estimate of drug-likeness (QED) is 0.782. The maximum atomic E-state index is 10.5. The normalized spacial score (nSPS) is 10.6. The van der Waals surface area contributed by atoms with E-state index >= 15 is 0 Å². The van der Waals surface area contributed by atoms with Gasteiger partial charge in [0.15, 0.2) is 0 Å². The summed E-state index contributed by atoms with van der Waals surface area (Å²) in [6, 6.07) is 7.72. The molecule has 72 valence electrons. The average Bonchev–Trinajstić information content (AvgIpc) is 2.46. The Labute approximate surface area is 81.6 Å². The largest absolute Gasteiger partial charge is 0.481 e. The Morgan fingerprint density at radius 2 is 2.21 bits per heavy atom. The lowest BCUT2D eigenvalue weighted by molar-refractivity contribution is -0.136. The Hall–Kier alpha value is -1.77. The molecule has 1 heterocycles. The number of rotatable bonds is 2. The first kappa shape index (κ1) is 8.81. The summed E-state index contributed by atoms with van der Waals surface area (Å²) in [5.74, 6) is -0.791. The average molecular weight is 189 g/mol. The predicted octanol–water partition coefficient (Wildman–Crippen LogP) is 1.81. The lowest BCUT2D eigenvalue weighted by atomic mass is 10.1. The minimum atomic E-state index is -0.791. The molecule has 0 saturated carbocycles. The van der Waals surface area contributed by atoms with Crippen LogP contribution < -0.4 is 0 Å². The van der Waals surface area contributed by atoms with Crippen LogP contribution in [-0.4, -0.2) is 15.6 Å². The van der Waals surface area contributed by atoms with E-state index in [2.05, 4.69) is 0 Å². The number of nitrogens with zero attached hydrogens (tertiary/aromatic N) is 1. The van der Waals surface area contributed by atoms with E-state index in [1.54, 1.807) is 0 Å². The summed E-state index contributed by atoms with van der Waals surface area (Å²) in [6.07, 6.45) is 2.06. The van der Waals surface area contributed by atoms with Gasteiger partial charge >= 0.3 is 5.97 Å². The molecule has 0 saturated heterocycles. The van der Waals surface area contributed by atoms with Gasteiger partial charge in [-0.15, -0.1) is 0 Å². The van der Waals surface area contributed by atoms with Crippen molar-refractivity contribution in [3.05, 3.63) is 36.0 Å². The highest BCUT2D eigenvalue weighted by molar-refractivity contribution is 5.82. The Morgan fingerprint density at radius 1 is 1.43 bits per heavy atom. The zero-order valence-corrected chi connectivity index (χ0v) is 7.90. The Bertz CT molecular complexity index is 485. The molecule has 0 radical (unpaired) electrons. The first-order valence-electron chi connectivity index (χ1n) is 4.42. The third-order valence-electron chi connectivity index (χ3n) is 2.30. The van der Waals surface area contributed by atoms with Crippen molar-refractivity contribution in [3.8, 4) is 0 Å². The number of fused-ring (bicyclic) bond motifs is 1. The van der Waals surface area contributed by atoms with Crippen molar-refractivity contribution >= 4 is 16.9 Å². The van der Waals surface area contributed by atoms with E-state index < -0.39 is 5.97 Å². The van der Waals surface area contributed by atoms with Crippen LogP contribution >= 0.6 is 0 Å². The monoisotopic (exact) mass is 189 g/mol. The maximum absolute atomic E-state index is 10.5. The number of benzene rings is 1. The van der Waals surface area contributed by atoms with E-state index in [4.69, 9.17) is 5.11 Å². The molecule has 2 aromatic rings. The van der Waals surface area contributed by atoms with Crippen LogP contribution in [0.1, 0.15) is 5.56 Å². The van der Waals surface area contributed by atoms with Gasteiger partial charge in [-0.1, -0.05) is 6.07 Å². The van der Waals surface area contributed by atoms with E-state index in [0.717, 1.165) is 16.5 Å². The molecule has 3 nitrogen and oxygen atoms in total. The minimum absolute atomic E-state index is 0.0881. The molecule has 1 aromatic carbocycles. The number of carboxylic acids is 1. The number of hydrogen-bond donors (Lipinski definition) is 1. The molecule has 14 heavy (non-hydrogen) atoms. The molecule has 3 heteroatoms. The second-order valence-corrected chi connectivity index (χ2v) is 3.39. The number of carbonyl (C=O) groups is 1. The van der Waals surface area contributed by atoms with Gasteiger partial charge < -0.3 is 9.67 Å². The van der Waals surface area contributed by atoms with Crippen LogP contribution in [0.2, 0.25) is 0 Å². The second-order valence-electron chi connectivity index (χ2n) is 3.39. The highest BCUT2D eigenvalue weighted by Crippen LogP contribution is 2.16. The van der Waals surface area contributed by atoms with Crippen molar-refractivity contribution in [2.24, 2.45) is 7.05 Å². The van der Waals surface area contributed by atoms with Gasteiger partial charge in [0.05, 0.1) is 6.42 Å². The summed E-state index contributed by atoms with van der Waals surface area (Å²) >= 11 is 0. The lowest BCUT2D eigenvalue weighted by Gasteiger charge is -1.99. The van der Waals surface area contributed by atoms with E-state index in [-0.39, 0.29) is 6.42 Å². The van der Waals surface area contributed by atoms with Gasteiger partial charge in [0.1, 0.15) is 0 Å². The summed E-state index contributed by atoms with van der Waals surface area (Å²) in [5, 5.41) is 9.73. The fourth-order valence-corrected chi connectivity index (χ4v) is 1.62. The Morgan fingerprint density at radius 3 is 2.93 bits per heavy atom. The smallest absolute Gasteiger partial charge is 0.307 e. The van der Waals surface area contributed by atoms with Crippen LogP contribution in [0.25, 0.3) is 10.9 Å². The molecular formula is C11H11NO2. The fraction of sp³-hybridized carbons (Fsp3) is 0.182. The van der Waals surface area contributed by atoms with Gasteiger partial charge in [-0.05, 0) is 29.1 Å². The van der Waals surface area contributed by atoms with Gasteiger partial charge in [0, 0.05) is 18.8 Å². The molecule has 0 unspecified atom stereocenters. The number of aromatic nitrogens is 1. The van der Waals surface area contributed by atoms with Crippen LogP contribution in [0.4, 0.5) is 0 Å². The fourth-order valence-electron chi connectivity index (χ4n) is 1.62. The molecule has 0 aliphatic heterocycles. The van der Waals surface area contributed by atoms with Gasteiger partial charge in [0.2, 0.25) is 0 Å². The maximum Gasteiger partial charge on any atom is 0.307 e. The van der Waals surface area contributed by atoms with E-state index in [9.17, 15) is 4.79 Å². The van der Waals surface area contributed by atoms with Crippen molar-refractivity contribution in [2.45, 2.75) is 6.42 Å². The Kier molecular flexibility index (Phi) is 2.00. The minimum Gasteiger partial charge on any atom is -0.481 e. The van der Waals surface area contributed by atoms with Crippen molar-refractivity contribution in [1.82, 2.24) is 4.57 Å². The van der Waals surface area contributed by atoms with Gasteiger partial charge in [0.25, 0.3) is 0 Å². The van der Waals surface area contributed by atoms with Crippen LogP contribution in [-0.2, 0) is 18.3 Å². The predicted molar refractivity (Wildman–Crippen MR) is 54.3 cm³/mol. The number of aliphatic carboxylic acids is 1. The molecule has 0 aliphatic rings. The molecule has 0 amide bonds. The van der Waals surface area contributed by atoms with Crippen molar-refractivity contribution in [3.63, 3.8) is 0 Å². The molecule has 2 rings (SSSR count). The summed E-state index contributed by atoms with van der Waals surface area (Å²) in [4.78, 5) is 10.5. The molecule has 1 N–H and O–H groups in total. The molecule has 1 aromatic heterocycles. The second kappa shape index (κ2) is 3.18. The van der Waals surface area contributed by atoms with E-state index in [1.807, 2.05) is 42.1 Å². The van der Waals surface area contributed by atoms with Crippen LogP contribution in [0.3, 0.4) is 0 Å². The summed E-state index contributed by atoms with van der Waals surface area (Å²) in [6.45, 7) is 0. The zero-order chi connectivity index (χ0) is 10.1. The SMILES string of the molecule is Cn1ccc2cc(CC(=O)O)ccc21. The third kappa shape index (κ3) is 1.48. The van der Waals surface area contributed by atoms with Gasteiger partial charge in [-0.25, -0.2) is 0 Å². The number of aryl methyl sites for hydroxylation is 1. The van der Waals surface area contributed by atoms with Gasteiger partial charge in [-0.2, -0.15) is 0 Å². The standard InChI is InChI=1S/C11H11NO2/c1-12-5-4-9-6-8(7-11(13)14)2-3-10(9)12/h2-6H,7H2,1H3,(H,13,14). The zero-order valence-electron chi connectivity index (χ0n) is 7.90. The molecular weight excluding hydrogens is 178 g/mol. The van der Waals surface area contributed by atoms with E-state index in [0.29, 0.717) is 0 Å². The van der Waals surface area contributed by atoms with Crippen LogP contribution in [0, 0.1) is 0 Å². The molecule has 0 aliphatic carbocycles. The summed E-state index contributed by atoms with van der Waals surface area (Å²) in [5.41, 5.74) is 1.97. The van der Waals surface area contributed by atoms with Crippen LogP contribution in [0.5, 0.6) is 0 Å². The molecule has 0 atom stereocenters. The highest BCUT2D eigenvalue weighted by atomic mass is 16.4. The number of hydrogen-bond acceptors (Lipinski definition) is 1. The van der Waals surface area contributed by atoms with Crippen molar-refractivity contribution in [2.75, 3.05) is 0 Å². The van der Waals surface area contributed by atoms with Crippen molar-refractivity contribution in [1.29, 1.82) is 0 Å².